The maximum atomic E-state index is 12.1. The lowest BCUT2D eigenvalue weighted by Crippen LogP contribution is -2.57. The molecule has 0 aromatic heterocycles. The van der Waals surface area contributed by atoms with Crippen LogP contribution in [0.4, 0.5) is 4.79 Å². The van der Waals surface area contributed by atoms with E-state index < -0.39 is 27.1 Å². The predicted octanol–water partition coefficient (Wildman–Crippen LogP) is 3.67. The van der Waals surface area contributed by atoms with E-state index in [9.17, 15) is 18.3 Å². The Kier molecular flexibility index (Phi) is 4.56. The Morgan fingerprint density at radius 2 is 1.74 bits per heavy atom. The van der Waals surface area contributed by atoms with E-state index in [-0.39, 0.29) is 11.4 Å². The van der Waals surface area contributed by atoms with Gasteiger partial charge in [0.15, 0.2) is 0 Å². The first-order valence-corrected chi connectivity index (χ1v) is 10.3. The van der Waals surface area contributed by atoms with Crippen LogP contribution in [0.25, 0.3) is 10.8 Å². The molecule has 7 heteroatoms. The van der Waals surface area contributed by atoms with Gasteiger partial charge in [0, 0.05) is 11.9 Å². The van der Waals surface area contributed by atoms with E-state index in [4.69, 9.17) is 5.14 Å². The number of hydrogen-bond acceptors (Lipinski definition) is 3. The molecule has 2 aromatic carbocycles. The van der Waals surface area contributed by atoms with Gasteiger partial charge >= 0.3 is 6.09 Å². The molecule has 0 bridgehead atoms. The number of nitrogens with two attached hydrogens (primary N) is 1. The molecule has 0 saturated heterocycles. The summed E-state index contributed by atoms with van der Waals surface area (Å²) in [7, 11) is -3.91. The van der Waals surface area contributed by atoms with Crippen molar-refractivity contribution in [2.45, 2.75) is 37.6 Å². The Morgan fingerprint density at radius 1 is 1.11 bits per heavy atom. The van der Waals surface area contributed by atoms with E-state index >= 15 is 0 Å². The fraction of sp³-hybridized carbons (Fsp3) is 0.350. The molecular weight excluding hydrogens is 364 g/mol. The van der Waals surface area contributed by atoms with Crippen LogP contribution in [0.3, 0.4) is 0 Å². The molecule has 1 unspecified atom stereocenters. The molecule has 27 heavy (non-hydrogen) atoms. The van der Waals surface area contributed by atoms with Crippen LogP contribution in [0.2, 0.25) is 0 Å². The van der Waals surface area contributed by atoms with Crippen molar-refractivity contribution in [2.75, 3.05) is 6.54 Å². The van der Waals surface area contributed by atoms with Crippen molar-refractivity contribution in [3.63, 3.8) is 0 Å². The minimum atomic E-state index is -3.91. The summed E-state index contributed by atoms with van der Waals surface area (Å²) in [6, 6.07) is 10.3. The molecule has 1 heterocycles. The minimum Gasteiger partial charge on any atom is -0.465 e. The predicted molar refractivity (Wildman–Crippen MR) is 105 cm³/mol. The normalized spacial score (nSPS) is 20.8. The third kappa shape index (κ3) is 3.00. The lowest BCUT2D eigenvalue weighted by molar-refractivity contribution is 0.00203. The quantitative estimate of drug-likeness (QED) is 0.767. The van der Waals surface area contributed by atoms with Gasteiger partial charge in [-0.1, -0.05) is 63.3 Å². The van der Waals surface area contributed by atoms with Gasteiger partial charge in [-0.05, 0) is 28.9 Å². The fourth-order valence-corrected chi connectivity index (χ4v) is 4.93. The maximum absolute atomic E-state index is 12.1. The van der Waals surface area contributed by atoms with Crippen LogP contribution < -0.4 is 5.14 Å². The second-order valence-electron chi connectivity index (χ2n) is 7.88. The highest BCUT2D eigenvalue weighted by Gasteiger charge is 2.51. The molecule has 3 N–H and O–H groups in total. The van der Waals surface area contributed by atoms with Crippen molar-refractivity contribution in [1.29, 1.82) is 0 Å². The molecular formula is C20H24N2O4S. The first-order valence-electron chi connectivity index (χ1n) is 8.71. The molecule has 6 nitrogen and oxygen atoms in total. The second-order valence-corrected chi connectivity index (χ2v) is 9.41. The molecule has 144 valence electrons. The standard InChI is InChI=1S/C20H24N2O4S/c1-19(2,3)20(12-6-7-13-22(20)18(23)24)16-10-11-17(27(21,25)26)15-9-5-4-8-14(15)16/h4-11H,12-13H2,1-3H3,(H,23,24)(H2,21,25,26). The second kappa shape index (κ2) is 6.35. The van der Waals surface area contributed by atoms with E-state index in [2.05, 4.69) is 0 Å². The molecule has 2 aromatic rings. The summed E-state index contributed by atoms with van der Waals surface area (Å²) < 4.78 is 24.1. The summed E-state index contributed by atoms with van der Waals surface area (Å²) in [4.78, 5) is 13.6. The first-order chi connectivity index (χ1) is 12.5. The van der Waals surface area contributed by atoms with Crippen LogP contribution in [0, 0.1) is 5.41 Å². The number of carboxylic acid groups (broad SMARTS) is 1. The molecule has 0 radical (unpaired) electrons. The van der Waals surface area contributed by atoms with Gasteiger partial charge < -0.3 is 5.11 Å². The summed E-state index contributed by atoms with van der Waals surface area (Å²) in [6.45, 7) is 6.29. The molecule has 1 aliphatic heterocycles. The summed E-state index contributed by atoms with van der Waals surface area (Å²) in [5.74, 6) is 0. The molecule has 3 rings (SSSR count). The van der Waals surface area contributed by atoms with Crippen LogP contribution in [-0.4, -0.2) is 31.1 Å². The van der Waals surface area contributed by atoms with E-state index in [0.29, 0.717) is 17.2 Å². The van der Waals surface area contributed by atoms with Crippen LogP contribution in [0.15, 0.2) is 53.4 Å². The number of fused-ring (bicyclic) bond motifs is 1. The van der Waals surface area contributed by atoms with E-state index in [1.54, 1.807) is 18.2 Å². The highest BCUT2D eigenvalue weighted by molar-refractivity contribution is 7.89. The maximum Gasteiger partial charge on any atom is 0.408 e. The van der Waals surface area contributed by atoms with Crippen molar-refractivity contribution in [3.05, 3.63) is 54.1 Å². The van der Waals surface area contributed by atoms with E-state index in [1.807, 2.05) is 45.1 Å². The SMILES string of the molecule is CC(C)(C)C1(c2ccc(S(N)(=O)=O)c3ccccc23)CC=CCN1C(=O)O. The molecule has 0 fully saturated rings. The third-order valence-corrected chi connectivity index (χ3v) is 6.41. The Labute approximate surface area is 159 Å². The van der Waals surface area contributed by atoms with Crippen molar-refractivity contribution in [3.8, 4) is 0 Å². The van der Waals surface area contributed by atoms with Crippen LogP contribution in [0.1, 0.15) is 32.8 Å². The Bertz CT molecular complexity index is 1040. The average Bonchev–Trinajstić information content (AvgIpc) is 2.58. The van der Waals surface area contributed by atoms with Crippen molar-refractivity contribution >= 4 is 26.9 Å². The largest absolute Gasteiger partial charge is 0.465 e. The summed E-state index contributed by atoms with van der Waals surface area (Å²) >= 11 is 0. The zero-order valence-electron chi connectivity index (χ0n) is 15.6. The van der Waals surface area contributed by atoms with Gasteiger partial charge in [0.25, 0.3) is 0 Å². The van der Waals surface area contributed by atoms with Gasteiger partial charge in [0.05, 0.1) is 10.4 Å². The van der Waals surface area contributed by atoms with Gasteiger partial charge in [0.1, 0.15) is 0 Å². The number of primary sulfonamides is 1. The summed E-state index contributed by atoms with van der Waals surface area (Å²) in [6.07, 6.45) is 3.34. The van der Waals surface area contributed by atoms with Gasteiger partial charge in [-0.3, -0.25) is 4.90 Å². The Hall–Kier alpha value is -2.38. The van der Waals surface area contributed by atoms with Gasteiger partial charge in [-0.2, -0.15) is 0 Å². The third-order valence-electron chi connectivity index (χ3n) is 5.44. The van der Waals surface area contributed by atoms with Crippen molar-refractivity contribution < 1.29 is 18.3 Å². The zero-order valence-corrected chi connectivity index (χ0v) is 16.5. The molecule has 1 amide bonds. The highest BCUT2D eigenvalue weighted by Crippen LogP contribution is 2.51. The molecule has 0 aliphatic carbocycles. The number of nitrogens with zero attached hydrogens (tertiary/aromatic N) is 1. The average molecular weight is 388 g/mol. The van der Waals surface area contributed by atoms with Gasteiger partial charge in [-0.15, -0.1) is 0 Å². The monoisotopic (exact) mass is 388 g/mol. The van der Waals surface area contributed by atoms with E-state index in [1.165, 1.54) is 11.0 Å². The Balaban J connectivity index is 2.44. The lowest BCUT2D eigenvalue weighted by atomic mass is 9.64. The van der Waals surface area contributed by atoms with Crippen molar-refractivity contribution in [1.82, 2.24) is 4.90 Å². The van der Waals surface area contributed by atoms with Gasteiger partial charge in [-0.25, -0.2) is 18.4 Å². The number of sulfonamides is 1. The number of hydrogen-bond donors (Lipinski definition) is 2. The lowest BCUT2D eigenvalue weighted by Gasteiger charge is -2.53. The number of rotatable bonds is 2. The first kappa shape index (κ1) is 19.4. The minimum absolute atomic E-state index is 0.0409. The molecule has 0 saturated carbocycles. The molecule has 0 spiro atoms. The van der Waals surface area contributed by atoms with Gasteiger partial charge in [0.2, 0.25) is 10.0 Å². The smallest absolute Gasteiger partial charge is 0.408 e. The van der Waals surface area contributed by atoms with Crippen LogP contribution in [-0.2, 0) is 15.6 Å². The molecule has 1 aliphatic rings. The number of amides is 1. The summed E-state index contributed by atoms with van der Waals surface area (Å²) in [5.41, 5.74) is -0.503. The van der Waals surface area contributed by atoms with Crippen LogP contribution in [0.5, 0.6) is 0 Å². The zero-order chi connectivity index (χ0) is 20.0. The topological polar surface area (TPSA) is 101 Å². The molecule has 1 atom stereocenters. The summed E-state index contributed by atoms with van der Waals surface area (Å²) in [5, 5.41) is 16.5. The highest BCUT2D eigenvalue weighted by atomic mass is 32.2. The van der Waals surface area contributed by atoms with E-state index in [0.717, 1.165) is 5.56 Å². The number of carbonyl (C=O) groups is 1. The van der Waals surface area contributed by atoms with Crippen LogP contribution >= 0.6 is 0 Å². The van der Waals surface area contributed by atoms with Crippen molar-refractivity contribution in [2.24, 2.45) is 10.6 Å². The Morgan fingerprint density at radius 3 is 2.30 bits per heavy atom. The fourth-order valence-electron chi connectivity index (χ4n) is 4.19. The number of benzene rings is 2.